The first kappa shape index (κ1) is 19.3. The van der Waals surface area contributed by atoms with Crippen molar-refractivity contribution in [3.8, 4) is 11.5 Å². The van der Waals surface area contributed by atoms with Gasteiger partial charge in [0.05, 0.1) is 19.2 Å². The lowest BCUT2D eigenvalue weighted by atomic mass is 9.92. The highest BCUT2D eigenvalue weighted by molar-refractivity contribution is 5.95. The Balaban J connectivity index is 2.13. The molecule has 0 radical (unpaired) electrons. The third-order valence-electron chi connectivity index (χ3n) is 4.63. The minimum atomic E-state index is -0.204. The minimum Gasteiger partial charge on any atom is -0.493 e. The van der Waals surface area contributed by atoms with Gasteiger partial charge in [-0.25, -0.2) is 0 Å². The van der Waals surface area contributed by atoms with Gasteiger partial charge in [0.1, 0.15) is 5.69 Å². The third kappa shape index (κ3) is 4.26. The molecule has 2 heterocycles. The highest BCUT2D eigenvalue weighted by Crippen LogP contribution is 2.36. The van der Waals surface area contributed by atoms with Crippen molar-refractivity contribution in [3.05, 3.63) is 28.6 Å². The number of benzene rings is 1. The number of pyridine rings is 1. The van der Waals surface area contributed by atoms with Gasteiger partial charge in [0.2, 0.25) is 5.91 Å². The molecule has 0 saturated carbocycles. The number of aromatic nitrogens is 1. The van der Waals surface area contributed by atoms with Gasteiger partial charge in [0, 0.05) is 18.4 Å². The van der Waals surface area contributed by atoms with Crippen LogP contribution < -0.4 is 20.3 Å². The highest BCUT2D eigenvalue weighted by Gasteiger charge is 2.21. The van der Waals surface area contributed by atoms with Crippen molar-refractivity contribution >= 4 is 22.5 Å². The lowest BCUT2D eigenvalue weighted by Gasteiger charge is -2.19. The standard InChI is InChI=1S/C21H28N2O4/c1-21(2,3)13-17(24)22-15-12-14-8-9-16(26-4)19-18(14)23(20(15)25)10-6-5-7-11-27-19/h8-9,12H,5-7,10-11,13H2,1-4H3,(H,22,24). The first-order valence-corrected chi connectivity index (χ1v) is 9.47. The number of anilines is 1. The first-order chi connectivity index (χ1) is 12.8. The summed E-state index contributed by atoms with van der Waals surface area (Å²) in [4.78, 5) is 25.5. The molecular weight excluding hydrogens is 344 g/mol. The van der Waals surface area contributed by atoms with Crippen molar-refractivity contribution in [2.45, 2.75) is 53.0 Å². The van der Waals surface area contributed by atoms with Crippen LogP contribution in [0.25, 0.3) is 10.9 Å². The van der Waals surface area contributed by atoms with Crippen LogP contribution >= 0.6 is 0 Å². The van der Waals surface area contributed by atoms with Gasteiger partial charge in [0.25, 0.3) is 5.56 Å². The molecule has 1 aromatic carbocycles. The second-order valence-corrected chi connectivity index (χ2v) is 8.24. The summed E-state index contributed by atoms with van der Waals surface area (Å²) in [6.07, 6.45) is 3.14. The summed E-state index contributed by atoms with van der Waals surface area (Å²) in [5.41, 5.74) is 0.694. The van der Waals surface area contributed by atoms with Crippen LogP contribution in [-0.2, 0) is 11.3 Å². The number of carbonyl (C=O) groups excluding carboxylic acids is 1. The number of methoxy groups -OCH3 is 1. The van der Waals surface area contributed by atoms with Gasteiger partial charge in [-0.05, 0) is 42.9 Å². The van der Waals surface area contributed by atoms with Gasteiger partial charge in [-0.1, -0.05) is 20.8 Å². The number of nitrogens with zero attached hydrogens (tertiary/aromatic N) is 1. The Kier molecular flexibility index (Phi) is 5.44. The highest BCUT2D eigenvalue weighted by atomic mass is 16.5. The number of ether oxygens (including phenoxy) is 2. The average molecular weight is 372 g/mol. The number of hydrogen-bond donors (Lipinski definition) is 1. The molecule has 0 saturated heterocycles. The van der Waals surface area contributed by atoms with E-state index in [0.717, 1.165) is 30.2 Å². The summed E-state index contributed by atoms with van der Waals surface area (Å²) in [7, 11) is 1.59. The zero-order chi connectivity index (χ0) is 19.6. The fraction of sp³-hybridized carbons (Fsp3) is 0.524. The molecule has 27 heavy (non-hydrogen) atoms. The fourth-order valence-corrected chi connectivity index (χ4v) is 3.43. The Morgan fingerprint density at radius 2 is 2.04 bits per heavy atom. The summed E-state index contributed by atoms with van der Waals surface area (Å²) in [6, 6.07) is 5.47. The quantitative estimate of drug-likeness (QED) is 0.886. The number of amides is 1. The van der Waals surface area contributed by atoms with E-state index in [1.54, 1.807) is 17.7 Å². The van der Waals surface area contributed by atoms with Crippen LogP contribution in [0.5, 0.6) is 11.5 Å². The number of aryl methyl sites for hydroxylation is 1. The fourth-order valence-electron chi connectivity index (χ4n) is 3.43. The van der Waals surface area contributed by atoms with Gasteiger partial charge in [0.15, 0.2) is 11.5 Å². The second kappa shape index (κ2) is 7.62. The molecule has 0 atom stereocenters. The zero-order valence-corrected chi connectivity index (χ0v) is 16.6. The van der Waals surface area contributed by atoms with E-state index in [1.807, 2.05) is 32.9 Å². The van der Waals surface area contributed by atoms with E-state index in [0.29, 0.717) is 36.8 Å². The number of rotatable bonds is 3. The van der Waals surface area contributed by atoms with Crippen molar-refractivity contribution < 1.29 is 14.3 Å². The lowest BCUT2D eigenvalue weighted by Crippen LogP contribution is -2.28. The molecule has 1 aromatic heterocycles. The monoisotopic (exact) mass is 372 g/mol. The summed E-state index contributed by atoms with van der Waals surface area (Å²) >= 11 is 0. The van der Waals surface area contributed by atoms with E-state index >= 15 is 0 Å². The van der Waals surface area contributed by atoms with Crippen LogP contribution in [0.2, 0.25) is 0 Å². The van der Waals surface area contributed by atoms with E-state index in [4.69, 9.17) is 9.47 Å². The Labute approximate surface area is 159 Å². The van der Waals surface area contributed by atoms with Crippen molar-refractivity contribution in [1.82, 2.24) is 4.57 Å². The molecule has 3 rings (SSSR count). The smallest absolute Gasteiger partial charge is 0.274 e. The Bertz CT molecular complexity index is 909. The van der Waals surface area contributed by atoms with Crippen LogP contribution in [0.3, 0.4) is 0 Å². The third-order valence-corrected chi connectivity index (χ3v) is 4.63. The molecule has 1 aliphatic heterocycles. The molecule has 0 unspecified atom stereocenters. The number of carbonyl (C=O) groups is 1. The van der Waals surface area contributed by atoms with E-state index in [9.17, 15) is 9.59 Å². The van der Waals surface area contributed by atoms with Crippen LogP contribution in [0, 0.1) is 5.41 Å². The largest absolute Gasteiger partial charge is 0.493 e. The molecule has 1 aliphatic rings. The molecule has 1 N–H and O–H groups in total. The van der Waals surface area contributed by atoms with Gasteiger partial charge in [-0.15, -0.1) is 0 Å². The predicted octanol–water partition coefficient (Wildman–Crippen LogP) is 3.95. The van der Waals surface area contributed by atoms with Crippen LogP contribution in [0.15, 0.2) is 23.0 Å². The van der Waals surface area contributed by atoms with Crippen molar-refractivity contribution in [2.24, 2.45) is 5.41 Å². The lowest BCUT2D eigenvalue weighted by molar-refractivity contribution is -0.117. The van der Waals surface area contributed by atoms with Gasteiger partial charge < -0.3 is 19.4 Å². The van der Waals surface area contributed by atoms with E-state index in [-0.39, 0.29) is 16.9 Å². The summed E-state index contributed by atoms with van der Waals surface area (Å²) in [5.74, 6) is 1.06. The van der Waals surface area contributed by atoms with Crippen LogP contribution in [0.4, 0.5) is 5.69 Å². The van der Waals surface area contributed by atoms with Gasteiger partial charge in [-0.2, -0.15) is 0 Å². The molecule has 0 spiro atoms. The SMILES string of the molecule is COc1ccc2cc(NC(=O)CC(C)(C)C)c(=O)n3c2c1OCCCCC3. The molecule has 1 amide bonds. The Morgan fingerprint density at radius 3 is 2.74 bits per heavy atom. The number of hydrogen-bond acceptors (Lipinski definition) is 4. The molecule has 6 heteroatoms. The van der Waals surface area contributed by atoms with Gasteiger partial charge >= 0.3 is 0 Å². The zero-order valence-electron chi connectivity index (χ0n) is 16.6. The molecule has 0 fully saturated rings. The predicted molar refractivity (Wildman–Crippen MR) is 107 cm³/mol. The number of nitrogens with one attached hydrogen (secondary N) is 1. The maximum absolute atomic E-state index is 13.1. The van der Waals surface area contributed by atoms with Crippen molar-refractivity contribution in [3.63, 3.8) is 0 Å². The maximum atomic E-state index is 13.1. The first-order valence-electron chi connectivity index (χ1n) is 9.47. The second-order valence-electron chi connectivity index (χ2n) is 8.24. The molecule has 0 bridgehead atoms. The van der Waals surface area contributed by atoms with Crippen molar-refractivity contribution in [2.75, 3.05) is 19.0 Å². The maximum Gasteiger partial charge on any atom is 0.274 e. The van der Waals surface area contributed by atoms with E-state index < -0.39 is 0 Å². The summed E-state index contributed by atoms with van der Waals surface area (Å²) in [5, 5.41) is 3.66. The molecule has 6 nitrogen and oxygen atoms in total. The van der Waals surface area contributed by atoms with Crippen LogP contribution in [0.1, 0.15) is 46.5 Å². The van der Waals surface area contributed by atoms with E-state index in [1.165, 1.54) is 0 Å². The summed E-state index contributed by atoms with van der Waals surface area (Å²) in [6.45, 7) is 7.17. The average Bonchev–Trinajstić information content (AvgIpc) is 2.69. The van der Waals surface area contributed by atoms with Crippen LogP contribution in [-0.4, -0.2) is 24.2 Å². The molecule has 0 aliphatic carbocycles. The Hall–Kier alpha value is -2.50. The Morgan fingerprint density at radius 1 is 1.26 bits per heavy atom. The van der Waals surface area contributed by atoms with Gasteiger partial charge in [-0.3, -0.25) is 9.59 Å². The minimum absolute atomic E-state index is 0.146. The molecule has 2 aromatic rings. The molecular formula is C21H28N2O4. The molecule has 146 valence electrons. The summed E-state index contributed by atoms with van der Waals surface area (Å²) < 4.78 is 13.1. The topological polar surface area (TPSA) is 69.6 Å². The van der Waals surface area contributed by atoms with E-state index in [2.05, 4.69) is 5.32 Å². The normalized spacial score (nSPS) is 14.7. The van der Waals surface area contributed by atoms with Crippen molar-refractivity contribution in [1.29, 1.82) is 0 Å².